The van der Waals surface area contributed by atoms with E-state index in [1.54, 1.807) is 0 Å². The van der Waals surface area contributed by atoms with Gasteiger partial charge < -0.3 is 0 Å². The molecule has 70 valence electrons. The van der Waals surface area contributed by atoms with Crippen molar-refractivity contribution in [1.82, 2.24) is 0 Å². The van der Waals surface area contributed by atoms with E-state index in [0.29, 0.717) is 0 Å². The zero-order chi connectivity index (χ0) is 9.40. The van der Waals surface area contributed by atoms with Gasteiger partial charge in [0.1, 0.15) is 7.85 Å². The zero-order valence-electron chi connectivity index (χ0n) is 8.93. The molecule has 0 aromatic heterocycles. The van der Waals surface area contributed by atoms with E-state index >= 15 is 0 Å². The smallest absolute Gasteiger partial charge is 0.102 e. The minimum absolute atomic E-state index is 0.777. The van der Waals surface area contributed by atoms with Crippen molar-refractivity contribution in [3.05, 3.63) is 11.9 Å². The van der Waals surface area contributed by atoms with Crippen molar-refractivity contribution < 1.29 is 0 Å². The van der Waals surface area contributed by atoms with Crippen molar-refractivity contribution in [1.29, 1.82) is 0 Å². The molecule has 0 saturated heterocycles. The molecule has 0 heterocycles. The minimum Gasteiger partial charge on any atom is -0.102 e. The summed E-state index contributed by atoms with van der Waals surface area (Å²) in [6.07, 6.45) is 6.43. The minimum atomic E-state index is 0.777. The van der Waals surface area contributed by atoms with Gasteiger partial charge in [0.25, 0.3) is 0 Å². The van der Waals surface area contributed by atoms with Crippen LogP contribution in [0.2, 0.25) is 5.82 Å². The van der Waals surface area contributed by atoms with E-state index in [0.717, 1.165) is 20.3 Å². The van der Waals surface area contributed by atoms with Crippen molar-refractivity contribution in [3.8, 4) is 0 Å². The predicted molar refractivity (Wildman–Crippen MR) is 64.4 cm³/mol. The van der Waals surface area contributed by atoms with Crippen LogP contribution >= 0.6 is 8.58 Å². The summed E-state index contributed by atoms with van der Waals surface area (Å²) >= 11 is 0. The fraction of sp³-hybridized carbons (Fsp3) is 0.800. The first-order chi connectivity index (χ1) is 5.70. The summed E-state index contributed by atoms with van der Waals surface area (Å²) in [7, 11) is 3.33. The Labute approximate surface area is 80.4 Å². The Hall–Kier alpha value is 0.235. The molecule has 0 radical (unpaired) electrons. The summed E-state index contributed by atoms with van der Waals surface area (Å²) in [6.45, 7) is 6.81. The zero-order valence-corrected chi connectivity index (χ0v) is 9.93. The van der Waals surface area contributed by atoms with Gasteiger partial charge in [-0.1, -0.05) is 50.8 Å². The molecule has 0 aliphatic rings. The van der Waals surface area contributed by atoms with Gasteiger partial charge in [0.15, 0.2) is 0 Å². The first-order valence-electron chi connectivity index (χ1n) is 5.04. The lowest BCUT2D eigenvalue weighted by Crippen LogP contribution is -1.98. The Morgan fingerprint density at radius 2 is 2.17 bits per heavy atom. The molecule has 0 aliphatic heterocycles. The molecule has 12 heavy (non-hydrogen) atoms. The summed E-state index contributed by atoms with van der Waals surface area (Å²) in [4.78, 5) is 0. The normalized spacial score (nSPS) is 17.6. The van der Waals surface area contributed by atoms with Crippen LogP contribution in [0.4, 0.5) is 0 Å². The molecule has 0 N–H and O–H groups in total. The molecule has 0 bridgehead atoms. The van der Waals surface area contributed by atoms with E-state index in [-0.39, 0.29) is 0 Å². The highest BCUT2D eigenvalue weighted by molar-refractivity contribution is 7.40. The van der Waals surface area contributed by atoms with Gasteiger partial charge >= 0.3 is 0 Å². The Bertz CT molecular complexity index is 123. The van der Waals surface area contributed by atoms with E-state index in [2.05, 4.69) is 40.3 Å². The largest absolute Gasteiger partial charge is 0.105 e. The monoisotopic (exact) mass is 184 g/mol. The summed E-state index contributed by atoms with van der Waals surface area (Å²) in [6, 6.07) is 0. The maximum Gasteiger partial charge on any atom is 0.105 e. The maximum atomic E-state index is 2.37. The number of hydrogen-bond donors (Lipinski definition) is 0. The van der Waals surface area contributed by atoms with Crippen LogP contribution < -0.4 is 0 Å². The topological polar surface area (TPSA) is 0 Å². The number of allylic oxidation sites excluding steroid dienone is 1. The Morgan fingerprint density at radius 1 is 1.50 bits per heavy atom. The second-order valence-corrected chi connectivity index (χ2v) is 4.67. The second-order valence-electron chi connectivity index (χ2n) is 3.75. The molecule has 0 aromatic carbocycles. The van der Waals surface area contributed by atoms with Crippen molar-refractivity contribution in [3.63, 3.8) is 0 Å². The lowest BCUT2D eigenvalue weighted by molar-refractivity contribution is 0.576. The number of rotatable bonds is 6. The van der Waals surface area contributed by atoms with Crippen LogP contribution in [0.3, 0.4) is 0 Å². The van der Waals surface area contributed by atoms with Crippen LogP contribution in [0, 0.1) is 5.92 Å². The molecule has 3 atom stereocenters. The summed E-state index contributed by atoms with van der Waals surface area (Å²) in [5.74, 6) is 3.98. The lowest BCUT2D eigenvalue weighted by atomic mass is 9.77. The lowest BCUT2D eigenvalue weighted by Gasteiger charge is -2.12. The van der Waals surface area contributed by atoms with Crippen LogP contribution in [0.15, 0.2) is 11.9 Å². The molecule has 0 rings (SSSR count). The van der Waals surface area contributed by atoms with Crippen LogP contribution in [0.25, 0.3) is 0 Å². The molecule has 3 unspecified atom stereocenters. The molecule has 0 saturated carbocycles. The Balaban J connectivity index is 3.53. The third-order valence-electron chi connectivity index (χ3n) is 2.15. The highest BCUT2D eigenvalue weighted by Crippen LogP contribution is 2.21. The molecular formula is C10H22BP. The first kappa shape index (κ1) is 12.2. The van der Waals surface area contributed by atoms with Gasteiger partial charge in [-0.15, -0.1) is 8.58 Å². The van der Waals surface area contributed by atoms with E-state index in [4.69, 9.17) is 0 Å². The van der Waals surface area contributed by atoms with E-state index in [1.165, 1.54) is 19.3 Å². The quantitative estimate of drug-likeness (QED) is 0.439. The van der Waals surface area contributed by atoms with Gasteiger partial charge in [0, 0.05) is 0 Å². The van der Waals surface area contributed by atoms with Crippen molar-refractivity contribution >= 4 is 16.4 Å². The van der Waals surface area contributed by atoms with E-state index in [9.17, 15) is 0 Å². The van der Waals surface area contributed by atoms with Crippen molar-refractivity contribution in [2.75, 3.05) is 6.66 Å². The molecule has 0 aromatic rings. The molecule has 0 nitrogen and oxygen atoms in total. The molecule has 0 amide bonds. The van der Waals surface area contributed by atoms with Crippen LogP contribution in [-0.2, 0) is 0 Å². The third kappa shape index (κ3) is 6.92. The summed E-state index contributed by atoms with van der Waals surface area (Å²) in [5, 5.41) is 0. The Morgan fingerprint density at radius 3 is 2.67 bits per heavy atom. The summed E-state index contributed by atoms with van der Waals surface area (Å²) in [5.41, 5.74) is 0. The average Bonchev–Trinajstić information content (AvgIpc) is 2.01. The van der Waals surface area contributed by atoms with Gasteiger partial charge in [-0.25, -0.2) is 0 Å². The van der Waals surface area contributed by atoms with E-state index in [1.807, 2.05) is 0 Å². The highest BCUT2D eigenvalue weighted by Gasteiger charge is 2.04. The molecule has 0 aliphatic carbocycles. The molecular weight excluding hydrogens is 162 g/mol. The molecule has 2 heteroatoms. The third-order valence-corrected chi connectivity index (χ3v) is 2.67. The van der Waals surface area contributed by atoms with Gasteiger partial charge in [-0.2, -0.15) is 0 Å². The second kappa shape index (κ2) is 7.86. The van der Waals surface area contributed by atoms with Crippen molar-refractivity contribution in [2.24, 2.45) is 5.92 Å². The fourth-order valence-corrected chi connectivity index (χ4v) is 2.11. The maximum absolute atomic E-state index is 2.37. The SMILES string of the molecule is BC(CCC)CC(C)/C=C/PC. The van der Waals surface area contributed by atoms with Crippen LogP contribution in [0.5, 0.6) is 0 Å². The molecule has 0 spiro atoms. The van der Waals surface area contributed by atoms with E-state index < -0.39 is 0 Å². The predicted octanol–water partition coefficient (Wildman–Crippen LogP) is 3.06. The van der Waals surface area contributed by atoms with Crippen molar-refractivity contribution in [2.45, 2.75) is 38.9 Å². The Kier molecular flexibility index (Phi) is 8.02. The van der Waals surface area contributed by atoms with Gasteiger partial charge in [-0.3, -0.25) is 0 Å². The standard InChI is InChI=1S/C10H22BP/c1-4-5-10(11)8-9(2)6-7-12-3/h6-7,9-10,12H,4-5,8,11H2,1-3H3/b7-6+. The summed E-state index contributed by atoms with van der Waals surface area (Å²) < 4.78 is 0. The number of hydrogen-bond acceptors (Lipinski definition) is 0. The fourth-order valence-electron chi connectivity index (χ4n) is 1.58. The molecule has 0 fully saturated rings. The van der Waals surface area contributed by atoms with Crippen LogP contribution in [0.1, 0.15) is 33.1 Å². The first-order valence-corrected chi connectivity index (χ1v) is 6.62. The highest BCUT2D eigenvalue weighted by atomic mass is 31.1. The average molecular weight is 184 g/mol. The van der Waals surface area contributed by atoms with Crippen LogP contribution in [-0.4, -0.2) is 14.5 Å². The van der Waals surface area contributed by atoms with Gasteiger partial charge in [0.05, 0.1) is 0 Å². The van der Waals surface area contributed by atoms with Gasteiger partial charge in [0.2, 0.25) is 0 Å². The van der Waals surface area contributed by atoms with Gasteiger partial charge in [-0.05, 0) is 12.6 Å².